The molecule has 4 aliphatic rings. The molecule has 1 aliphatic carbocycles. The topological polar surface area (TPSA) is 98.5 Å². The summed E-state index contributed by atoms with van der Waals surface area (Å²) in [6, 6.07) is 2.83. The number of aryl methyl sites for hydroxylation is 1. The Labute approximate surface area is 265 Å². The van der Waals surface area contributed by atoms with Crippen molar-refractivity contribution < 1.29 is 22.7 Å². The van der Waals surface area contributed by atoms with Crippen molar-refractivity contribution in [1.82, 2.24) is 24.8 Å². The third-order valence-electron chi connectivity index (χ3n) is 10.2. The van der Waals surface area contributed by atoms with Gasteiger partial charge in [-0.1, -0.05) is 6.58 Å². The van der Waals surface area contributed by atoms with Gasteiger partial charge in [-0.3, -0.25) is 14.7 Å². The van der Waals surface area contributed by atoms with Gasteiger partial charge in [0.15, 0.2) is 5.82 Å². The van der Waals surface area contributed by atoms with Crippen molar-refractivity contribution in [2.24, 2.45) is 0 Å². The number of fused-ring (bicyclic) bond motifs is 3. The van der Waals surface area contributed by atoms with Crippen molar-refractivity contribution in [3.05, 3.63) is 53.9 Å². The molecule has 12 heteroatoms. The fraction of sp³-hybridized carbons (Fsp3) is 0.500. The molecule has 0 saturated carbocycles. The number of aromatic nitrogens is 3. The Bertz CT molecular complexity index is 1750. The lowest BCUT2D eigenvalue weighted by atomic mass is 9.87. The first-order valence-corrected chi connectivity index (χ1v) is 16.0. The van der Waals surface area contributed by atoms with Gasteiger partial charge in [-0.25, -0.2) is 13.2 Å². The maximum Gasteiger partial charge on any atom is 0.319 e. The van der Waals surface area contributed by atoms with E-state index in [0.29, 0.717) is 31.5 Å². The lowest BCUT2D eigenvalue weighted by Crippen LogP contribution is -2.55. The standard InChI is InChI=1S/C34H36F3N7O2/c1-2-28(45)44-13-12-42(19-23(44)8-10-38)32-25-14-27(36)29(26-17-39-16-21-6-3-4-7-24(21)26)30(37)31(25)40-33(41-32)46-20-34-9-5-11-43(34)18-22(35)15-34/h2,14,16-17,22-23H,1,3-9,11-13,15,18-20H2/t22-,23+,34+/m1/s1. The highest BCUT2D eigenvalue weighted by atomic mass is 19.1. The van der Waals surface area contributed by atoms with Crippen LogP contribution in [-0.2, 0) is 17.6 Å². The minimum atomic E-state index is -0.947. The Morgan fingerprint density at radius 3 is 2.83 bits per heavy atom. The molecule has 0 bridgehead atoms. The number of piperazine rings is 1. The van der Waals surface area contributed by atoms with Gasteiger partial charge in [0.25, 0.3) is 0 Å². The van der Waals surface area contributed by atoms with E-state index in [4.69, 9.17) is 4.74 Å². The largest absolute Gasteiger partial charge is 0.461 e. The third kappa shape index (κ3) is 5.24. The van der Waals surface area contributed by atoms with E-state index in [9.17, 15) is 14.4 Å². The summed E-state index contributed by atoms with van der Waals surface area (Å²) >= 11 is 0. The Kier molecular flexibility index (Phi) is 8.05. The lowest BCUT2D eigenvalue weighted by Gasteiger charge is -2.41. The summed E-state index contributed by atoms with van der Waals surface area (Å²) in [4.78, 5) is 31.6. The highest BCUT2D eigenvalue weighted by molar-refractivity contribution is 5.94. The van der Waals surface area contributed by atoms with Gasteiger partial charge in [0.1, 0.15) is 29.9 Å². The number of rotatable bonds is 7. The molecular formula is C34H36F3N7O2. The zero-order valence-corrected chi connectivity index (χ0v) is 25.7. The zero-order valence-electron chi connectivity index (χ0n) is 25.7. The SMILES string of the molecule is C=CC(=O)N1CCN(c2nc(OC[C@@]34CCCN3C[C@H](F)C4)nc3c(F)c(-c4cncc5c4CCCC5)c(F)cc23)C[C@@H]1CC#N. The quantitative estimate of drug-likeness (QED) is 0.339. The van der Waals surface area contributed by atoms with Crippen LogP contribution in [0, 0.1) is 23.0 Å². The molecule has 1 amide bonds. The molecule has 5 heterocycles. The highest BCUT2D eigenvalue weighted by Gasteiger charge is 2.49. The summed E-state index contributed by atoms with van der Waals surface area (Å²) in [6.45, 7) is 5.64. The molecular weight excluding hydrogens is 595 g/mol. The number of ether oxygens (including phenoxy) is 1. The fourth-order valence-electron chi connectivity index (χ4n) is 7.97. The molecule has 3 aromatic rings. The Hall–Kier alpha value is -4.24. The van der Waals surface area contributed by atoms with Crippen LogP contribution in [0.5, 0.6) is 6.01 Å². The molecule has 3 fully saturated rings. The second-order valence-corrected chi connectivity index (χ2v) is 12.9. The lowest BCUT2D eigenvalue weighted by molar-refractivity contribution is -0.128. The molecule has 0 unspecified atom stereocenters. The van der Waals surface area contributed by atoms with Crippen molar-refractivity contribution in [1.29, 1.82) is 5.26 Å². The van der Waals surface area contributed by atoms with Crippen LogP contribution in [-0.4, -0.2) is 87.7 Å². The van der Waals surface area contributed by atoms with E-state index in [1.807, 2.05) is 4.90 Å². The maximum absolute atomic E-state index is 16.7. The number of nitrogens with zero attached hydrogens (tertiary/aromatic N) is 7. The molecule has 3 aliphatic heterocycles. The minimum Gasteiger partial charge on any atom is -0.461 e. The summed E-state index contributed by atoms with van der Waals surface area (Å²) in [5, 5.41) is 9.67. The summed E-state index contributed by atoms with van der Waals surface area (Å²) in [5.74, 6) is -1.62. The van der Waals surface area contributed by atoms with Gasteiger partial charge in [0, 0.05) is 55.9 Å². The Balaban J connectivity index is 1.33. The predicted octanol–water partition coefficient (Wildman–Crippen LogP) is 4.92. The van der Waals surface area contributed by atoms with E-state index >= 15 is 8.78 Å². The first kappa shape index (κ1) is 30.4. The van der Waals surface area contributed by atoms with Crippen LogP contribution in [0.4, 0.5) is 19.0 Å². The number of benzene rings is 1. The first-order valence-electron chi connectivity index (χ1n) is 16.0. The van der Waals surface area contributed by atoms with Gasteiger partial charge < -0.3 is 14.5 Å². The van der Waals surface area contributed by atoms with E-state index in [0.717, 1.165) is 49.8 Å². The second kappa shape index (κ2) is 12.2. The van der Waals surface area contributed by atoms with Crippen molar-refractivity contribution in [2.75, 3.05) is 44.2 Å². The summed E-state index contributed by atoms with van der Waals surface area (Å²) in [5.41, 5.74) is 1.55. The molecule has 1 aromatic carbocycles. The van der Waals surface area contributed by atoms with E-state index < -0.39 is 29.4 Å². The number of anilines is 1. The average Bonchev–Trinajstić information content (AvgIpc) is 3.59. The molecule has 2 aromatic heterocycles. The van der Waals surface area contributed by atoms with Crippen LogP contribution in [0.2, 0.25) is 0 Å². The normalized spacial score (nSPS) is 24.5. The number of hydrogen-bond acceptors (Lipinski definition) is 8. The molecule has 0 N–H and O–H groups in total. The molecule has 3 atom stereocenters. The van der Waals surface area contributed by atoms with E-state index in [1.54, 1.807) is 11.1 Å². The molecule has 3 saturated heterocycles. The van der Waals surface area contributed by atoms with Gasteiger partial charge in [-0.15, -0.1) is 0 Å². The number of halogens is 3. The number of pyridine rings is 1. The van der Waals surface area contributed by atoms with E-state index in [1.165, 1.54) is 18.3 Å². The third-order valence-corrected chi connectivity index (χ3v) is 10.2. The van der Waals surface area contributed by atoms with Crippen LogP contribution in [0.25, 0.3) is 22.0 Å². The van der Waals surface area contributed by atoms with E-state index in [-0.39, 0.29) is 60.3 Å². The monoisotopic (exact) mass is 631 g/mol. The number of carbonyl (C=O) groups excluding carboxylic acids is 1. The smallest absolute Gasteiger partial charge is 0.319 e. The summed E-state index contributed by atoms with van der Waals surface area (Å²) in [7, 11) is 0. The van der Waals surface area contributed by atoms with Crippen molar-refractivity contribution in [2.45, 2.75) is 69.1 Å². The number of nitriles is 1. The first-order chi connectivity index (χ1) is 22.3. The van der Waals surface area contributed by atoms with E-state index in [2.05, 4.69) is 32.5 Å². The molecule has 240 valence electrons. The number of amides is 1. The Morgan fingerprint density at radius 2 is 2.00 bits per heavy atom. The van der Waals surface area contributed by atoms with Gasteiger partial charge in [-0.2, -0.15) is 15.2 Å². The van der Waals surface area contributed by atoms with Crippen LogP contribution in [0.15, 0.2) is 31.1 Å². The van der Waals surface area contributed by atoms with Crippen molar-refractivity contribution in [3.63, 3.8) is 0 Å². The maximum atomic E-state index is 16.7. The Morgan fingerprint density at radius 1 is 1.15 bits per heavy atom. The van der Waals surface area contributed by atoms with Crippen LogP contribution in [0.1, 0.15) is 49.7 Å². The average molecular weight is 632 g/mol. The molecule has 7 rings (SSSR count). The van der Waals surface area contributed by atoms with Gasteiger partial charge >= 0.3 is 6.01 Å². The van der Waals surface area contributed by atoms with Gasteiger partial charge in [0.05, 0.1) is 29.6 Å². The highest BCUT2D eigenvalue weighted by Crippen LogP contribution is 2.42. The minimum absolute atomic E-state index is 0.0597. The summed E-state index contributed by atoms with van der Waals surface area (Å²) in [6.07, 6.45) is 9.10. The van der Waals surface area contributed by atoms with Gasteiger partial charge in [0.2, 0.25) is 5.91 Å². The zero-order chi connectivity index (χ0) is 32.0. The predicted molar refractivity (Wildman–Crippen MR) is 166 cm³/mol. The second-order valence-electron chi connectivity index (χ2n) is 12.9. The van der Waals surface area contributed by atoms with Crippen molar-refractivity contribution >= 4 is 22.6 Å². The molecule has 0 radical (unpaired) electrons. The van der Waals surface area contributed by atoms with Crippen LogP contribution >= 0.6 is 0 Å². The van der Waals surface area contributed by atoms with Crippen LogP contribution in [0.3, 0.4) is 0 Å². The number of alkyl halides is 1. The molecule has 46 heavy (non-hydrogen) atoms. The number of carbonyl (C=O) groups is 1. The van der Waals surface area contributed by atoms with Crippen LogP contribution < -0.4 is 9.64 Å². The number of hydrogen-bond donors (Lipinski definition) is 0. The van der Waals surface area contributed by atoms with Gasteiger partial charge in [-0.05, 0) is 68.3 Å². The fourth-order valence-corrected chi connectivity index (χ4v) is 7.97. The molecule has 0 spiro atoms. The summed E-state index contributed by atoms with van der Waals surface area (Å²) < 4.78 is 53.5. The molecule has 9 nitrogen and oxygen atoms in total. The van der Waals surface area contributed by atoms with Crippen molar-refractivity contribution in [3.8, 4) is 23.2 Å².